The van der Waals surface area contributed by atoms with Crippen molar-refractivity contribution in [3.8, 4) is 11.6 Å². The molecular formula is C21H22N2O3. The minimum Gasteiger partial charge on any atom is -0.494 e. The number of nitrogens with zero attached hydrogens (tertiary/aromatic N) is 2. The van der Waals surface area contributed by atoms with Crippen molar-refractivity contribution >= 4 is 17.0 Å². The lowest BCUT2D eigenvalue weighted by molar-refractivity contribution is 0.186. The maximum atomic E-state index is 13.0. The number of aromatic nitrogens is 1. The summed E-state index contributed by atoms with van der Waals surface area (Å²) in [5, 5.41) is 12.1. The Kier molecular flexibility index (Phi) is 5.19. The van der Waals surface area contributed by atoms with Gasteiger partial charge in [-0.05, 0) is 32.0 Å². The molecule has 3 rings (SSSR count). The van der Waals surface area contributed by atoms with Crippen LogP contribution in [0.4, 0.5) is 0 Å². The number of ether oxygens (including phenoxy) is 1. The highest BCUT2D eigenvalue weighted by Crippen LogP contribution is 2.26. The van der Waals surface area contributed by atoms with E-state index in [1.54, 1.807) is 19.4 Å². The Morgan fingerprint density at radius 1 is 1.15 bits per heavy atom. The van der Waals surface area contributed by atoms with Gasteiger partial charge in [0.05, 0.1) is 23.9 Å². The number of hydrogen-bond donors (Lipinski definition) is 1. The zero-order valence-electron chi connectivity index (χ0n) is 15.1. The van der Waals surface area contributed by atoms with Gasteiger partial charge in [0.15, 0.2) is 0 Å². The van der Waals surface area contributed by atoms with Gasteiger partial charge in [-0.3, -0.25) is 9.79 Å². The van der Waals surface area contributed by atoms with Gasteiger partial charge in [0.25, 0.3) is 5.56 Å². The molecule has 5 heteroatoms. The van der Waals surface area contributed by atoms with E-state index < -0.39 is 0 Å². The summed E-state index contributed by atoms with van der Waals surface area (Å²) < 4.78 is 6.43. The standard InChI is InChI=1S/C21H22N2O3/c1-14-8-10-16(11-9-14)23-20(24)18-7-5-4-6-17(18)19(21(23)25)12-22-15(2)13-26-3/h4-12,15,25H,13H2,1-3H3. The summed E-state index contributed by atoms with van der Waals surface area (Å²) in [7, 11) is 1.62. The van der Waals surface area contributed by atoms with Crippen LogP contribution in [0.2, 0.25) is 0 Å². The van der Waals surface area contributed by atoms with Crippen molar-refractivity contribution < 1.29 is 9.84 Å². The summed E-state index contributed by atoms with van der Waals surface area (Å²) >= 11 is 0. The van der Waals surface area contributed by atoms with Gasteiger partial charge in [-0.15, -0.1) is 0 Å². The van der Waals surface area contributed by atoms with Gasteiger partial charge < -0.3 is 9.84 Å². The molecule has 0 amide bonds. The van der Waals surface area contributed by atoms with E-state index in [4.69, 9.17) is 4.74 Å². The van der Waals surface area contributed by atoms with Crippen LogP contribution in [-0.2, 0) is 4.74 Å². The third-order valence-corrected chi connectivity index (χ3v) is 4.26. The number of aromatic hydroxyl groups is 1. The first-order valence-corrected chi connectivity index (χ1v) is 8.48. The average Bonchev–Trinajstić information content (AvgIpc) is 2.63. The predicted molar refractivity (Wildman–Crippen MR) is 105 cm³/mol. The zero-order valence-corrected chi connectivity index (χ0v) is 15.1. The minimum absolute atomic E-state index is 0.0575. The van der Waals surface area contributed by atoms with Crippen LogP contribution >= 0.6 is 0 Å². The fourth-order valence-electron chi connectivity index (χ4n) is 2.91. The Hall–Kier alpha value is -2.92. The maximum Gasteiger partial charge on any atom is 0.265 e. The molecule has 0 saturated carbocycles. The van der Waals surface area contributed by atoms with Gasteiger partial charge in [0, 0.05) is 24.1 Å². The van der Waals surface area contributed by atoms with Gasteiger partial charge in [-0.1, -0.05) is 35.9 Å². The number of methoxy groups -OCH3 is 1. The molecule has 0 aliphatic carbocycles. The number of aliphatic imine (C=N–C) groups is 1. The lowest BCUT2D eigenvalue weighted by Crippen LogP contribution is -2.20. The van der Waals surface area contributed by atoms with Crippen molar-refractivity contribution in [3.05, 3.63) is 70.0 Å². The van der Waals surface area contributed by atoms with E-state index >= 15 is 0 Å². The van der Waals surface area contributed by atoms with Crippen LogP contribution in [0.1, 0.15) is 18.1 Å². The molecule has 1 N–H and O–H groups in total. The largest absolute Gasteiger partial charge is 0.494 e. The van der Waals surface area contributed by atoms with E-state index in [2.05, 4.69) is 4.99 Å². The van der Waals surface area contributed by atoms with E-state index in [0.29, 0.717) is 28.6 Å². The summed E-state index contributed by atoms with van der Waals surface area (Å²) in [5.74, 6) is -0.120. The fraction of sp³-hybridized carbons (Fsp3) is 0.238. The van der Waals surface area contributed by atoms with Crippen LogP contribution in [0.15, 0.2) is 58.3 Å². The van der Waals surface area contributed by atoms with Crippen LogP contribution in [0.25, 0.3) is 16.5 Å². The normalized spacial score (nSPS) is 12.7. The van der Waals surface area contributed by atoms with Gasteiger partial charge in [0.1, 0.15) is 0 Å². The van der Waals surface area contributed by atoms with E-state index in [1.165, 1.54) is 4.57 Å². The molecule has 1 aromatic heterocycles. The van der Waals surface area contributed by atoms with Crippen molar-refractivity contribution in [2.45, 2.75) is 19.9 Å². The Labute approximate surface area is 152 Å². The highest BCUT2D eigenvalue weighted by atomic mass is 16.5. The number of pyridine rings is 1. The maximum absolute atomic E-state index is 13.0. The van der Waals surface area contributed by atoms with Gasteiger partial charge in [-0.25, -0.2) is 4.57 Å². The first-order chi connectivity index (χ1) is 12.5. The third-order valence-electron chi connectivity index (χ3n) is 4.26. The van der Waals surface area contributed by atoms with Crippen molar-refractivity contribution in [3.63, 3.8) is 0 Å². The first kappa shape index (κ1) is 17.9. The summed E-state index contributed by atoms with van der Waals surface area (Å²) in [4.78, 5) is 17.4. The summed E-state index contributed by atoms with van der Waals surface area (Å²) in [5.41, 5.74) is 1.95. The van der Waals surface area contributed by atoms with E-state index in [-0.39, 0.29) is 17.5 Å². The number of rotatable bonds is 5. The highest BCUT2D eigenvalue weighted by molar-refractivity contribution is 6.01. The van der Waals surface area contributed by atoms with Crippen LogP contribution in [0.3, 0.4) is 0 Å². The summed E-state index contributed by atoms with van der Waals surface area (Å²) in [6, 6.07) is 14.6. The Balaban J connectivity index is 2.26. The number of hydrogen-bond acceptors (Lipinski definition) is 4. The van der Waals surface area contributed by atoms with Gasteiger partial charge >= 0.3 is 0 Å². The van der Waals surface area contributed by atoms with E-state index in [0.717, 1.165) is 5.56 Å². The highest BCUT2D eigenvalue weighted by Gasteiger charge is 2.16. The lowest BCUT2D eigenvalue weighted by atomic mass is 10.1. The van der Waals surface area contributed by atoms with Crippen molar-refractivity contribution in [1.82, 2.24) is 4.57 Å². The summed E-state index contributed by atoms with van der Waals surface area (Å²) in [6.45, 7) is 4.38. The molecule has 134 valence electrons. The molecule has 0 aliphatic heterocycles. The number of benzene rings is 2. The molecule has 0 bridgehead atoms. The second kappa shape index (κ2) is 7.54. The monoisotopic (exact) mass is 350 g/mol. The molecule has 0 aliphatic rings. The molecule has 2 aromatic carbocycles. The van der Waals surface area contributed by atoms with E-state index in [9.17, 15) is 9.90 Å². The Morgan fingerprint density at radius 2 is 1.81 bits per heavy atom. The second-order valence-corrected chi connectivity index (χ2v) is 6.34. The van der Waals surface area contributed by atoms with Crippen LogP contribution < -0.4 is 5.56 Å². The molecule has 0 fully saturated rings. The van der Waals surface area contributed by atoms with Crippen molar-refractivity contribution in [2.24, 2.45) is 4.99 Å². The molecule has 1 atom stereocenters. The fourth-order valence-corrected chi connectivity index (χ4v) is 2.91. The predicted octanol–water partition coefficient (Wildman–Crippen LogP) is 3.46. The van der Waals surface area contributed by atoms with Crippen LogP contribution in [0.5, 0.6) is 5.88 Å². The first-order valence-electron chi connectivity index (χ1n) is 8.48. The quantitative estimate of drug-likeness (QED) is 0.717. The molecule has 5 nitrogen and oxygen atoms in total. The summed E-state index contributed by atoms with van der Waals surface area (Å²) in [6.07, 6.45) is 1.62. The van der Waals surface area contributed by atoms with Crippen LogP contribution in [0, 0.1) is 6.92 Å². The Morgan fingerprint density at radius 3 is 2.46 bits per heavy atom. The molecule has 3 aromatic rings. The second-order valence-electron chi connectivity index (χ2n) is 6.34. The average molecular weight is 350 g/mol. The Bertz CT molecular complexity index is 1000. The molecule has 1 unspecified atom stereocenters. The molecule has 1 heterocycles. The molecule has 0 spiro atoms. The molecule has 0 radical (unpaired) electrons. The lowest BCUT2D eigenvalue weighted by Gasteiger charge is -2.14. The molecular weight excluding hydrogens is 328 g/mol. The zero-order chi connectivity index (χ0) is 18.7. The molecule has 0 saturated heterocycles. The van der Waals surface area contributed by atoms with E-state index in [1.807, 2.05) is 56.3 Å². The van der Waals surface area contributed by atoms with Crippen molar-refractivity contribution in [1.29, 1.82) is 0 Å². The smallest absolute Gasteiger partial charge is 0.265 e. The molecule has 26 heavy (non-hydrogen) atoms. The minimum atomic E-state index is -0.260. The van der Waals surface area contributed by atoms with Crippen molar-refractivity contribution in [2.75, 3.05) is 13.7 Å². The topological polar surface area (TPSA) is 63.8 Å². The third kappa shape index (κ3) is 3.39. The number of fused-ring (bicyclic) bond motifs is 1. The SMILES string of the molecule is COCC(C)N=Cc1c(O)n(-c2ccc(C)cc2)c(=O)c2ccccc12. The van der Waals surface area contributed by atoms with Crippen LogP contribution in [-0.4, -0.2) is 35.6 Å². The van der Waals surface area contributed by atoms with Gasteiger partial charge in [-0.2, -0.15) is 0 Å². The van der Waals surface area contributed by atoms with Gasteiger partial charge in [0.2, 0.25) is 5.88 Å². The number of aryl methyl sites for hydroxylation is 1.